The van der Waals surface area contributed by atoms with Gasteiger partial charge in [0.15, 0.2) is 0 Å². The fourth-order valence-electron chi connectivity index (χ4n) is 1.82. The van der Waals surface area contributed by atoms with Crippen LogP contribution in [-0.2, 0) is 0 Å². The van der Waals surface area contributed by atoms with Crippen LogP contribution in [0, 0.1) is 12.8 Å². The van der Waals surface area contributed by atoms with Crippen molar-refractivity contribution >= 4 is 11.5 Å². The molecule has 3 heteroatoms. The van der Waals surface area contributed by atoms with E-state index in [9.17, 15) is 0 Å². The van der Waals surface area contributed by atoms with Gasteiger partial charge in [0.25, 0.3) is 0 Å². The zero-order valence-electron chi connectivity index (χ0n) is 9.46. The molecule has 3 N–H and O–H groups in total. The average Bonchev–Trinajstić information content (AvgIpc) is 2.95. The Balaban J connectivity index is 1.93. The predicted molar refractivity (Wildman–Crippen MR) is 63.8 cm³/mol. The summed E-state index contributed by atoms with van der Waals surface area (Å²) < 4.78 is 0. The van der Waals surface area contributed by atoms with E-state index < -0.39 is 0 Å². The van der Waals surface area contributed by atoms with Crippen LogP contribution in [0.15, 0.2) is 12.1 Å². The van der Waals surface area contributed by atoms with Crippen molar-refractivity contribution in [3.05, 3.63) is 17.8 Å². The smallest absolute Gasteiger partial charge is 0.126 e. The highest BCUT2D eigenvalue weighted by Gasteiger charge is 2.23. The third-order valence-corrected chi connectivity index (χ3v) is 2.90. The summed E-state index contributed by atoms with van der Waals surface area (Å²) >= 11 is 0. The fraction of sp³-hybridized carbons (Fsp3) is 0.583. The zero-order valence-corrected chi connectivity index (χ0v) is 9.46. The Hall–Kier alpha value is -1.25. The SMILES string of the molecule is Cc1nc(NC(C)CC2CC2)ccc1N. The molecule has 1 fully saturated rings. The number of rotatable bonds is 4. The number of nitrogens with one attached hydrogen (secondary N) is 1. The molecule has 0 amide bonds. The van der Waals surface area contributed by atoms with E-state index in [4.69, 9.17) is 5.73 Å². The molecule has 3 nitrogen and oxygen atoms in total. The van der Waals surface area contributed by atoms with Gasteiger partial charge in [-0.25, -0.2) is 4.98 Å². The van der Waals surface area contributed by atoms with Crippen molar-refractivity contribution in [1.82, 2.24) is 4.98 Å². The van der Waals surface area contributed by atoms with Gasteiger partial charge in [-0.15, -0.1) is 0 Å². The van der Waals surface area contributed by atoms with Crippen molar-refractivity contribution in [1.29, 1.82) is 0 Å². The second kappa shape index (κ2) is 4.09. The van der Waals surface area contributed by atoms with Gasteiger partial charge in [-0.3, -0.25) is 0 Å². The largest absolute Gasteiger partial charge is 0.397 e. The molecular formula is C12H19N3. The lowest BCUT2D eigenvalue weighted by Crippen LogP contribution is -2.16. The maximum Gasteiger partial charge on any atom is 0.126 e. The molecule has 0 bridgehead atoms. The van der Waals surface area contributed by atoms with Crippen LogP contribution >= 0.6 is 0 Å². The molecule has 0 radical (unpaired) electrons. The summed E-state index contributed by atoms with van der Waals surface area (Å²) in [5.41, 5.74) is 7.38. The van der Waals surface area contributed by atoms with Gasteiger partial charge in [0, 0.05) is 6.04 Å². The van der Waals surface area contributed by atoms with Crippen LogP contribution in [0.2, 0.25) is 0 Å². The predicted octanol–water partition coefficient (Wildman–Crippen LogP) is 2.57. The molecule has 0 aliphatic heterocycles. The monoisotopic (exact) mass is 205 g/mol. The number of anilines is 2. The van der Waals surface area contributed by atoms with E-state index >= 15 is 0 Å². The number of hydrogen-bond donors (Lipinski definition) is 2. The van der Waals surface area contributed by atoms with Gasteiger partial charge in [-0.1, -0.05) is 12.8 Å². The minimum absolute atomic E-state index is 0.507. The second-order valence-electron chi connectivity index (χ2n) is 4.60. The Morgan fingerprint density at radius 1 is 1.53 bits per heavy atom. The van der Waals surface area contributed by atoms with Gasteiger partial charge in [0.1, 0.15) is 5.82 Å². The first kappa shape index (κ1) is 10.3. The Morgan fingerprint density at radius 3 is 2.87 bits per heavy atom. The molecule has 1 unspecified atom stereocenters. The molecule has 2 rings (SSSR count). The highest BCUT2D eigenvalue weighted by atomic mass is 15.0. The second-order valence-corrected chi connectivity index (χ2v) is 4.60. The topological polar surface area (TPSA) is 50.9 Å². The first-order valence-corrected chi connectivity index (χ1v) is 5.65. The minimum Gasteiger partial charge on any atom is -0.397 e. The van der Waals surface area contributed by atoms with Crippen molar-refractivity contribution in [2.75, 3.05) is 11.1 Å². The van der Waals surface area contributed by atoms with Crippen LogP contribution in [0.25, 0.3) is 0 Å². The van der Waals surface area contributed by atoms with E-state index in [-0.39, 0.29) is 0 Å². The van der Waals surface area contributed by atoms with E-state index in [0.29, 0.717) is 6.04 Å². The Morgan fingerprint density at radius 2 is 2.27 bits per heavy atom. The molecule has 0 aromatic carbocycles. The van der Waals surface area contributed by atoms with Crippen molar-refractivity contribution in [2.24, 2.45) is 5.92 Å². The van der Waals surface area contributed by atoms with Crippen LogP contribution in [0.4, 0.5) is 11.5 Å². The molecule has 82 valence electrons. The van der Waals surface area contributed by atoms with Crippen LogP contribution in [-0.4, -0.2) is 11.0 Å². The minimum atomic E-state index is 0.507. The molecule has 1 aromatic heterocycles. The molecular weight excluding hydrogens is 186 g/mol. The van der Waals surface area contributed by atoms with Crippen molar-refractivity contribution < 1.29 is 0 Å². The van der Waals surface area contributed by atoms with Crippen molar-refractivity contribution in [3.8, 4) is 0 Å². The summed E-state index contributed by atoms with van der Waals surface area (Å²) in [6.45, 7) is 4.15. The van der Waals surface area contributed by atoms with E-state index in [2.05, 4.69) is 17.2 Å². The summed E-state index contributed by atoms with van der Waals surface area (Å²) in [5.74, 6) is 1.89. The standard InChI is InChI=1S/C12H19N3/c1-8(7-10-3-4-10)14-12-6-5-11(13)9(2)15-12/h5-6,8,10H,3-4,7,13H2,1-2H3,(H,14,15). The van der Waals surface area contributed by atoms with Gasteiger partial charge in [0.2, 0.25) is 0 Å². The lowest BCUT2D eigenvalue weighted by molar-refractivity contribution is 0.640. The highest BCUT2D eigenvalue weighted by Crippen LogP contribution is 2.33. The number of aryl methyl sites for hydroxylation is 1. The first-order valence-electron chi connectivity index (χ1n) is 5.65. The van der Waals surface area contributed by atoms with Crippen LogP contribution < -0.4 is 11.1 Å². The normalized spacial score (nSPS) is 17.5. The third kappa shape index (κ3) is 2.85. The number of pyridine rings is 1. The van der Waals surface area contributed by atoms with E-state index in [1.165, 1.54) is 19.3 Å². The summed E-state index contributed by atoms with van der Waals surface area (Å²) in [7, 11) is 0. The lowest BCUT2D eigenvalue weighted by atomic mass is 10.1. The molecule has 1 saturated carbocycles. The maximum atomic E-state index is 5.72. The fourth-order valence-corrected chi connectivity index (χ4v) is 1.82. The Bertz CT molecular complexity index is 345. The summed E-state index contributed by atoms with van der Waals surface area (Å²) in [4.78, 5) is 4.40. The maximum absolute atomic E-state index is 5.72. The average molecular weight is 205 g/mol. The first-order chi connectivity index (χ1) is 7.15. The molecule has 15 heavy (non-hydrogen) atoms. The lowest BCUT2D eigenvalue weighted by Gasteiger charge is -2.14. The molecule has 1 aliphatic carbocycles. The summed E-state index contributed by atoms with van der Waals surface area (Å²) in [5, 5.41) is 3.41. The quantitative estimate of drug-likeness (QED) is 0.794. The third-order valence-electron chi connectivity index (χ3n) is 2.90. The molecule has 0 saturated heterocycles. The van der Waals surface area contributed by atoms with Crippen molar-refractivity contribution in [3.63, 3.8) is 0 Å². The highest BCUT2D eigenvalue weighted by molar-refractivity contribution is 5.49. The van der Waals surface area contributed by atoms with Gasteiger partial charge >= 0.3 is 0 Å². The zero-order chi connectivity index (χ0) is 10.8. The number of nitrogens with zero attached hydrogens (tertiary/aromatic N) is 1. The van der Waals surface area contributed by atoms with Gasteiger partial charge < -0.3 is 11.1 Å². The molecule has 0 spiro atoms. The van der Waals surface area contributed by atoms with Gasteiger partial charge in [-0.2, -0.15) is 0 Å². The molecule has 1 atom stereocenters. The van der Waals surface area contributed by atoms with Gasteiger partial charge in [0.05, 0.1) is 11.4 Å². The Labute approximate surface area is 91.1 Å². The van der Waals surface area contributed by atoms with Gasteiger partial charge in [-0.05, 0) is 38.3 Å². The molecule has 1 aliphatic rings. The van der Waals surface area contributed by atoms with Crippen LogP contribution in [0.5, 0.6) is 0 Å². The van der Waals surface area contributed by atoms with Crippen LogP contribution in [0.3, 0.4) is 0 Å². The number of nitrogens with two attached hydrogens (primary N) is 1. The number of hydrogen-bond acceptors (Lipinski definition) is 3. The number of nitrogen functional groups attached to an aromatic ring is 1. The molecule has 1 heterocycles. The van der Waals surface area contributed by atoms with Crippen LogP contribution in [0.1, 0.15) is 31.9 Å². The molecule has 1 aromatic rings. The Kier molecular flexibility index (Phi) is 2.80. The van der Waals surface area contributed by atoms with E-state index in [1.807, 2.05) is 19.1 Å². The van der Waals surface area contributed by atoms with E-state index in [1.54, 1.807) is 0 Å². The van der Waals surface area contributed by atoms with E-state index in [0.717, 1.165) is 23.1 Å². The summed E-state index contributed by atoms with van der Waals surface area (Å²) in [6, 6.07) is 4.37. The van der Waals surface area contributed by atoms with Crippen molar-refractivity contribution in [2.45, 2.75) is 39.2 Å². The number of aromatic nitrogens is 1. The summed E-state index contributed by atoms with van der Waals surface area (Å²) in [6.07, 6.45) is 4.06.